The van der Waals surface area contributed by atoms with Crippen LogP contribution in [0.15, 0.2) is 18.2 Å². The smallest absolute Gasteiger partial charge is 0.338 e. The maximum atomic E-state index is 12.4. The molecule has 0 saturated heterocycles. The Kier molecular flexibility index (Phi) is 13.3. The Balaban J connectivity index is 2.43. The molecule has 0 saturated carbocycles. The van der Waals surface area contributed by atoms with Gasteiger partial charge < -0.3 is 4.74 Å². The van der Waals surface area contributed by atoms with E-state index in [4.69, 9.17) is 16.3 Å². The van der Waals surface area contributed by atoms with E-state index in [9.17, 15) is 4.79 Å². The van der Waals surface area contributed by atoms with E-state index in [1.165, 1.54) is 77.0 Å². The van der Waals surface area contributed by atoms with Crippen LogP contribution in [0.5, 0.6) is 0 Å². The molecule has 0 amide bonds. The predicted molar refractivity (Wildman–Crippen MR) is 117 cm³/mol. The van der Waals surface area contributed by atoms with Gasteiger partial charge in [0.05, 0.1) is 12.2 Å². The maximum Gasteiger partial charge on any atom is 0.338 e. The van der Waals surface area contributed by atoms with E-state index in [1.807, 2.05) is 13.0 Å². The van der Waals surface area contributed by atoms with Crippen LogP contribution in [-0.4, -0.2) is 12.6 Å². The van der Waals surface area contributed by atoms with Crippen LogP contribution in [0, 0.1) is 12.8 Å². The molecular weight excluding hydrogens is 356 g/mol. The zero-order valence-electron chi connectivity index (χ0n) is 17.7. The maximum absolute atomic E-state index is 12.4. The minimum atomic E-state index is -0.226. The van der Waals surface area contributed by atoms with Gasteiger partial charge in [-0.3, -0.25) is 0 Å². The summed E-state index contributed by atoms with van der Waals surface area (Å²) in [6, 6.07) is 5.34. The van der Waals surface area contributed by atoms with Crippen LogP contribution in [0.1, 0.15) is 107 Å². The van der Waals surface area contributed by atoms with Gasteiger partial charge in [0.15, 0.2) is 0 Å². The molecule has 1 rings (SSSR count). The molecule has 0 aliphatic heterocycles. The summed E-state index contributed by atoms with van der Waals surface area (Å²) in [6.07, 6.45) is 15.3. The highest BCUT2D eigenvalue weighted by Gasteiger charge is 2.14. The van der Waals surface area contributed by atoms with Gasteiger partial charge in [0.1, 0.15) is 0 Å². The van der Waals surface area contributed by atoms with E-state index < -0.39 is 0 Å². The molecule has 0 N–H and O–H groups in total. The quantitative estimate of drug-likeness (QED) is 0.221. The van der Waals surface area contributed by atoms with Crippen molar-refractivity contribution in [2.24, 2.45) is 5.92 Å². The number of hydrogen-bond donors (Lipinski definition) is 0. The van der Waals surface area contributed by atoms with Crippen molar-refractivity contribution in [1.82, 2.24) is 0 Å². The lowest BCUT2D eigenvalue weighted by atomic mass is 9.95. The van der Waals surface area contributed by atoms with Crippen LogP contribution >= 0.6 is 11.6 Å². The third-order valence-electron chi connectivity index (χ3n) is 5.28. The van der Waals surface area contributed by atoms with Gasteiger partial charge in [-0.25, -0.2) is 4.79 Å². The lowest BCUT2D eigenvalue weighted by Gasteiger charge is -2.17. The number of aryl methyl sites for hydroxylation is 1. The van der Waals surface area contributed by atoms with Crippen LogP contribution < -0.4 is 0 Å². The average molecular weight is 395 g/mol. The Morgan fingerprint density at radius 1 is 0.926 bits per heavy atom. The van der Waals surface area contributed by atoms with E-state index in [0.29, 0.717) is 23.1 Å². The van der Waals surface area contributed by atoms with Crippen molar-refractivity contribution in [3.05, 3.63) is 34.3 Å². The number of hydrogen-bond acceptors (Lipinski definition) is 2. The number of unbranched alkanes of at least 4 members (excludes halogenated alkanes) is 8. The van der Waals surface area contributed by atoms with Gasteiger partial charge in [-0.15, -0.1) is 0 Å². The van der Waals surface area contributed by atoms with Gasteiger partial charge in [-0.05, 0) is 49.4 Å². The number of carbonyl (C=O) groups excluding carboxylic acids is 1. The Morgan fingerprint density at radius 3 is 2.07 bits per heavy atom. The molecule has 0 bridgehead atoms. The number of benzene rings is 1. The Bertz CT molecular complexity index is 527. The molecule has 1 aromatic rings. The summed E-state index contributed by atoms with van der Waals surface area (Å²) in [7, 11) is 0. The summed E-state index contributed by atoms with van der Waals surface area (Å²) in [5.41, 5.74) is 1.51. The highest BCUT2D eigenvalue weighted by molar-refractivity contribution is 6.31. The second-order valence-electron chi connectivity index (χ2n) is 7.83. The molecule has 0 aromatic heterocycles. The third kappa shape index (κ3) is 10.8. The van der Waals surface area contributed by atoms with Gasteiger partial charge in [0.2, 0.25) is 0 Å². The molecule has 0 heterocycles. The minimum Gasteiger partial charge on any atom is -0.462 e. The molecule has 154 valence electrons. The number of halogens is 1. The van der Waals surface area contributed by atoms with E-state index in [2.05, 4.69) is 13.8 Å². The largest absolute Gasteiger partial charge is 0.462 e. The second kappa shape index (κ2) is 15.0. The van der Waals surface area contributed by atoms with Gasteiger partial charge in [0.25, 0.3) is 0 Å². The van der Waals surface area contributed by atoms with Gasteiger partial charge in [-0.2, -0.15) is 0 Å². The molecule has 0 spiro atoms. The van der Waals surface area contributed by atoms with Crippen molar-refractivity contribution in [1.29, 1.82) is 0 Å². The zero-order valence-corrected chi connectivity index (χ0v) is 18.5. The molecule has 0 aliphatic rings. The van der Waals surface area contributed by atoms with E-state index in [1.54, 1.807) is 12.1 Å². The Morgan fingerprint density at radius 2 is 1.48 bits per heavy atom. The summed E-state index contributed by atoms with van der Waals surface area (Å²) in [4.78, 5) is 12.4. The first-order chi connectivity index (χ1) is 13.1. The third-order valence-corrected chi connectivity index (χ3v) is 5.70. The van der Waals surface area contributed by atoms with Crippen molar-refractivity contribution >= 4 is 17.6 Å². The Hall–Kier alpha value is -1.02. The molecular formula is C24H39ClO2. The molecule has 1 aromatic carbocycles. The van der Waals surface area contributed by atoms with E-state index in [0.717, 1.165) is 5.56 Å². The van der Waals surface area contributed by atoms with E-state index >= 15 is 0 Å². The molecule has 1 unspecified atom stereocenters. The van der Waals surface area contributed by atoms with Crippen LogP contribution in [0.2, 0.25) is 5.02 Å². The SMILES string of the molecule is CCCCCCCCC(CCCCCC)COC(=O)c1ccc(Cl)c(C)c1. The molecule has 3 heteroatoms. The van der Waals surface area contributed by atoms with Crippen molar-refractivity contribution in [2.45, 2.75) is 97.8 Å². The fourth-order valence-corrected chi connectivity index (χ4v) is 3.55. The molecule has 2 nitrogen and oxygen atoms in total. The van der Waals surface area contributed by atoms with Gasteiger partial charge in [0, 0.05) is 5.02 Å². The minimum absolute atomic E-state index is 0.226. The second-order valence-corrected chi connectivity index (χ2v) is 8.24. The van der Waals surface area contributed by atoms with Crippen LogP contribution in [0.3, 0.4) is 0 Å². The number of rotatable bonds is 15. The normalized spacial score (nSPS) is 12.1. The first-order valence-corrected chi connectivity index (χ1v) is 11.4. The number of carbonyl (C=O) groups is 1. The lowest BCUT2D eigenvalue weighted by molar-refractivity contribution is 0.0422. The molecule has 0 fully saturated rings. The molecule has 27 heavy (non-hydrogen) atoms. The van der Waals surface area contributed by atoms with Crippen LogP contribution in [-0.2, 0) is 4.74 Å². The summed E-state index contributed by atoms with van der Waals surface area (Å²) < 4.78 is 5.66. The standard InChI is InChI=1S/C24H39ClO2/c1-4-6-8-10-11-13-15-21(14-12-9-7-5-2)19-27-24(26)22-16-17-23(25)20(3)18-22/h16-18,21H,4-15,19H2,1-3H3. The zero-order chi connectivity index (χ0) is 19.9. The predicted octanol–water partition coefficient (Wildman–Crippen LogP) is 8.14. The van der Waals surface area contributed by atoms with Crippen molar-refractivity contribution in [3.8, 4) is 0 Å². The highest BCUT2D eigenvalue weighted by atomic mass is 35.5. The summed E-state index contributed by atoms with van der Waals surface area (Å²) in [5.74, 6) is 0.265. The van der Waals surface area contributed by atoms with Crippen molar-refractivity contribution < 1.29 is 9.53 Å². The number of esters is 1. The van der Waals surface area contributed by atoms with Gasteiger partial charge >= 0.3 is 5.97 Å². The Labute approximate surface area is 172 Å². The summed E-state index contributed by atoms with van der Waals surface area (Å²) >= 11 is 6.05. The lowest BCUT2D eigenvalue weighted by Crippen LogP contribution is -2.15. The monoisotopic (exact) mass is 394 g/mol. The van der Waals surface area contributed by atoms with Crippen LogP contribution in [0.25, 0.3) is 0 Å². The highest BCUT2D eigenvalue weighted by Crippen LogP contribution is 2.21. The molecule has 0 radical (unpaired) electrons. The van der Waals surface area contributed by atoms with Gasteiger partial charge in [-0.1, -0.05) is 89.7 Å². The molecule has 1 atom stereocenters. The summed E-state index contributed by atoms with van der Waals surface area (Å²) in [6.45, 7) is 6.95. The summed E-state index contributed by atoms with van der Waals surface area (Å²) in [5, 5.41) is 0.684. The van der Waals surface area contributed by atoms with Crippen molar-refractivity contribution in [3.63, 3.8) is 0 Å². The molecule has 0 aliphatic carbocycles. The fourth-order valence-electron chi connectivity index (χ4n) is 3.43. The van der Waals surface area contributed by atoms with Crippen LogP contribution in [0.4, 0.5) is 0 Å². The average Bonchev–Trinajstić information content (AvgIpc) is 2.67. The topological polar surface area (TPSA) is 26.3 Å². The van der Waals surface area contributed by atoms with Crippen molar-refractivity contribution in [2.75, 3.05) is 6.61 Å². The first-order valence-electron chi connectivity index (χ1n) is 11.0. The fraction of sp³-hybridized carbons (Fsp3) is 0.708. The van der Waals surface area contributed by atoms with E-state index in [-0.39, 0.29) is 5.97 Å². The number of ether oxygens (including phenoxy) is 1. The first kappa shape index (κ1) is 24.0.